The van der Waals surface area contributed by atoms with Gasteiger partial charge in [-0.05, 0) is 12.5 Å². The van der Waals surface area contributed by atoms with Crippen molar-refractivity contribution in [2.45, 2.75) is 38.9 Å². The fourth-order valence-electron chi connectivity index (χ4n) is 1.53. The van der Waals surface area contributed by atoms with Gasteiger partial charge in [0.2, 0.25) is 0 Å². The SMILES string of the molecule is C/C=C/C(OCc1ccccc1)[Si](C)(C)C. The minimum atomic E-state index is -1.27. The number of hydrogen-bond acceptors (Lipinski definition) is 1. The van der Waals surface area contributed by atoms with Crippen LogP contribution in [-0.4, -0.2) is 13.8 Å². The van der Waals surface area contributed by atoms with Crippen LogP contribution in [0.3, 0.4) is 0 Å². The Morgan fingerprint density at radius 3 is 2.31 bits per heavy atom. The van der Waals surface area contributed by atoms with E-state index in [9.17, 15) is 0 Å². The monoisotopic (exact) mass is 234 g/mol. The number of rotatable bonds is 5. The lowest BCUT2D eigenvalue weighted by atomic mass is 10.2. The van der Waals surface area contributed by atoms with E-state index in [1.807, 2.05) is 6.07 Å². The van der Waals surface area contributed by atoms with Gasteiger partial charge in [-0.2, -0.15) is 0 Å². The molecule has 0 bridgehead atoms. The molecule has 0 N–H and O–H groups in total. The molecular formula is C14H22OSi. The van der Waals surface area contributed by atoms with Gasteiger partial charge < -0.3 is 4.74 Å². The van der Waals surface area contributed by atoms with Crippen molar-refractivity contribution in [3.63, 3.8) is 0 Å². The molecular weight excluding hydrogens is 212 g/mol. The molecule has 0 aromatic heterocycles. The molecule has 0 saturated heterocycles. The zero-order valence-corrected chi connectivity index (χ0v) is 11.7. The molecule has 1 nitrogen and oxygen atoms in total. The smallest absolute Gasteiger partial charge is 0.0834 e. The Morgan fingerprint density at radius 2 is 1.81 bits per heavy atom. The van der Waals surface area contributed by atoms with Crippen LogP contribution in [0.4, 0.5) is 0 Å². The maximum atomic E-state index is 6.01. The molecule has 0 fully saturated rings. The Labute approximate surface area is 100 Å². The molecule has 88 valence electrons. The molecule has 1 aromatic rings. The lowest BCUT2D eigenvalue weighted by Crippen LogP contribution is -2.38. The van der Waals surface area contributed by atoms with Crippen LogP contribution in [0.25, 0.3) is 0 Å². The molecule has 0 spiro atoms. The van der Waals surface area contributed by atoms with Crippen molar-refractivity contribution in [3.05, 3.63) is 48.0 Å². The maximum Gasteiger partial charge on any atom is 0.0834 e. The highest BCUT2D eigenvalue weighted by molar-refractivity contribution is 6.77. The van der Waals surface area contributed by atoms with E-state index < -0.39 is 8.07 Å². The highest BCUT2D eigenvalue weighted by Gasteiger charge is 2.24. The molecule has 0 aliphatic rings. The third kappa shape index (κ3) is 4.33. The number of ether oxygens (including phenoxy) is 1. The van der Waals surface area contributed by atoms with Crippen LogP contribution in [0.15, 0.2) is 42.5 Å². The normalized spacial score (nSPS) is 14.2. The van der Waals surface area contributed by atoms with Gasteiger partial charge in [0.15, 0.2) is 0 Å². The largest absolute Gasteiger partial charge is 0.373 e. The van der Waals surface area contributed by atoms with E-state index in [1.165, 1.54) is 5.56 Å². The summed E-state index contributed by atoms with van der Waals surface area (Å²) in [5, 5.41) is 0. The molecule has 1 unspecified atom stereocenters. The summed E-state index contributed by atoms with van der Waals surface area (Å²) in [4.78, 5) is 0. The highest BCUT2D eigenvalue weighted by Crippen LogP contribution is 2.15. The molecule has 1 rings (SSSR count). The van der Waals surface area contributed by atoms with E-state index in [-0.39, 0.29) is 0 Å². The van der Waals surface area contributed by atoms with Crippen LogP contribution in [-0.2, 0) is 11.3 Å². The summed E-state index contributed by atoms with van der Waals surface area (Å²) in [5.74, 6) is 0. The summed E-state index contributed by atoms with van der Waals surface area (Å²) in [6.45, 7) is 9.77. The molecule has 0 aliphatic heterocycles. The maximum absolute atomic E-state index is 6.01. The molecule has 1 atom stereocenters. The standard InChI is InChI=1S/C14H22OSi/c1-5-9-14(16(2,3)4)15-12-13-10-7-6-8-11-13/h5-11,14H,12H2,1-4H3/b9-5+. The lowest BCUT2D eigenvalue weighted by Gasteiger charge is -2.26. The Bertz CT molecular complexity index is 324. The molecule has 0 aliphatic carbocycles. The molecule has 0 radical (unpaired) electrons. The van der Waals surface area contributed by atoms with Gasteiger partial charge in [0.05, 0.1) is 20.4 Å². The molecule has 1 aromatic carbocycles. The van der Waals surface area contributed by atoms with E-state index in [1.54, 1.807) is 0 Å². The van der Waals surface area contributed by atoms with E-state index in [0.29, 0.717) is 12.3 Å². The average Bonchev–Trinajstić information content (AvgIpc) is 2.24. The minimum absolute atomic E-state index is 0.303. The number of allylic oxidation sites excluding steroid dienone is 1. The first kappa shape index (κ1) is 13.2. The molecule has 16 heavy (non-hydrogen) atoms. The highest BCUT2D eigenvalue weighted by atomic mass is 28.3. The Hall–Kier alpha value is -0.863. The van der Waals surface area contributed by atoms with Crippen LogP contribution >= 0.6 is 0 Å². The number of hydrogen-bond donors (Lipinski definition) is 0. The van der Waals surface area contributed by atoms with Gasteiger partial charge in [0.1, 0.15) is 0 Å². The van der Waals surface area contributed by atoms with E-state index in [4.69, 9.17) is 4.74 Å². The van der Waals surface area contributed by atoms with Crippen molar-refractivity contribution in [1.29, 1.82) is 0 Å². The van der Waals surface area contributed by atoms with Crippen molar-refractivity contribution in [2.24, 2.45) is 0 Å². The zero-order valence-electron chi connectivity index (χ0n) is 10.7. The summed E-state index contributed by atoms with van der Waals surface area (Å²) in [6, 6.07) is 10.4. The lowest BCUT2D eigenvalue weighted by molar-refractivity contribution is 0.114. The fourth-order valence-corrected chi connectivity index (χ4v) is 2.88. The van der Waals surface area contributed by atoms with Crippen molar-refractivity contribution in [3.8, 4) is 0 Å². The third-order valence-electron chi connectivity index (χ3n) is 2.49. The molecule has 0 saturated carbocycles. The molecule has 0 heterocycles. The van der Waals surface area contributed by atoms with E-state index >= 15 is 0 Å². The predicted octanol–water partition coefficient (Wildman–Crippen LogP) is 4.03. The topological polar surface area (TPSA) is 9.23 Å². The summed E-state index contributed by atoms with van der Waals surface area (Å²) in [6.07, 6.45) is 4.28. The second-order valence-corrected chi connectivity index (χ2v) is 10.4. The van der Waals surface area contributed by atoms with Gasteiger partial charge >= 0.3 is 0 Å². The van der Waals surface area contributed by atoms with Crippen LogP contribution in [0.5, 0.6) is 0 Å². The average molecular weight is 234 g/mol. The van der Waals surface area contributed by atoms with Crippen molar-refractivity contribution in [1.82, 2.24) is 0 Å². The zero-order chi connectivity index (χ0) is 12.0. The number of benzene rings is 1. The van der Waals surface area contributed by atoms with Crippen molar-refractivity contribution < 1.29 is 4.74 Å². The van der Waals surface area contributed by atoms with Gasteiger partial charge in [-0.1, -0.05) is 62.1 Å². The first-order valence-corrected chi connectivity index (χ1v) is 9.40. The van der Waals surface area contributed by atoms with E-state index in [0.717, 1.165) is 0 Å². The van der Waals surface area contributed by atoms with Crippen molar-refractivity contribution >= 4 is 8.07 Å². The van der Waals surface area contributed by atoms with Gasteiger partial charge in [0, 0.05) is 0 Å². The van der Waals surface area contributed by atoms with E-state index in [2.05, 4.69) is 63.0 Å². The third-order valence-corrected chi connectivity index (χ3v) is 4.56. The quantitative estimate of drug-likeness (QED) is 0.552. The Balaban J connectivity index is 2.58. The predicted molar refractivity (Wildman–Crippen MR) is 73.2 cm³/mol. The Kier molecular flexibility index (Phi) is 4.96. The Morgan fingerprint density at radius 1 is 1.19 bits per heavy atom. The van der Waals surface area contributed by atoms with Gasteiger partial charge in [0.25, 0.3) is 0 Å². The van der Waals surface area contributed by atoms with Crippen LogP contribution < -0.4 is 0 Å². The van der Waals surface area contributed by atoms with Crippen LogP contribution in [0.2, 0.25) is 19.6 Å². The fraction of sp³-hybridized carbons (Fsp3) is 0.429. The second kappa shape index (κ2) is 6.02. The van der Waals surface area contributed by atoms with Crippen LogP contribution in [0.1, 0.15) is 12.5 Å². The summed E-state index contributed by atoms with van der Waals surface area (Å²) in [7, 11) is -1.27. The van der Waals surface area contributed by atoms with Gasteiger partial charge in [-0.25, -0.2) is 0 Å². The van der Waals surface area contributed by atoms with Crippen molar-refractivity contribution in [2.75, 3.05) is 0 Å². The first-order chi connectivity index (χ1) is 7.54. The molecule has 0 amide bonds. The van der Waals surface area contributed by atoms with Crippen LogP contribution in [0, 0.1) is 0 Å². The first-order valence-electron chi connectivity index (χ1n) is 5.82. The second-order valence-electron chi connectivity index (χ2n) is 5.11. The van der Waals surface area contributed by atoms with Gasteiger partial charge in [-0.3, -0.25) is 0 Å². The minimum Gasteiger partial charge on any atom is -0.373 e. The summed E-state index contributed by atoms with van der Waals surface area (Å²) in [5.41, 5.74) is 1.55. The summed E-state index contributed by atoms with van der Waals surface area (Å²) < 4.78 is 6.01. The summed E-state index contributed by atoms with van der Waals surface area (Å²) >= 11 is 0. The van der Waals surface area contributed by atoms with Gasteiger partial charge in [-0.15, -0.1) is 0 Å². The molecule has 2 heteroatoms.